The van der Waals surface area contributed by atoms with Gasteiger partial charge in [0.2, 0.25) is 0 Å². The van der Waals surface area contributed by atoms with Crippen LogP contribution in [0.25, 0.3) is 22.4 Å². The number of nitrogens with zero attached hydrogens (tertiary/aromatic N) is 1. The molecule has 106 valence electrons. The summed E-state index contributed by atoms with van der Waals surface area (Å²) in [4.78, 5) is 16.4. The van der Waals surface area contributed by atoms with Crippen molar-refractivity contribution in [3.8, 4) is 17.2 Å². The van der Waals surface area contributed by atoms with E-state index in [4.69, 9.17) is 9.15 Å². The molecule has 2 aromatic heterocycles. The van der Waals surface area contributed by atoms with E-state index in [9.17, 15) is 9.90 Å². The van der Waals surface area contributed by atoms with Crippen molar-refractivity contribution in [2.45, 2.75) is 6.92 Å². The highest BCUT2D eigenvalue weighted by atomic mass is 16.5. The molecule has 0 aliphatic rings. The third-order valence-electron chi connectivity index (χ3n) is 3.05. The zero-order valence-corrected chi connectivity index (χ0v) is 11.4. The Hall–Kier alpha value is -2.82. The molecular formula is C16H13NO4. The Kier molecular flexibility index (Phi) is 3.31. The summed E-state index contributed by atoms with van der Waals surface area (Å²) in [5, 5.41) is 10.1. The summed E-state index contributed by atoms with van der Waals surface area (Å²) in [5.74, 6) is -0.0985. The van der Waals surface area contributed by atoms with Gasteiger partial charge in [-0.3, -0.25) is 4.98 Å². The molecule has 2 heterocycles. The third kappa shape index (κ3) is 2.33. The smallest absolute Gasteiger partial charge is 0.342 e. The van der Waals surface area contributed by atoms with Gasteiger partial charge in [-0.15, -0.1) is 0 Å². The van der Waals surface area contributed by atoms with E-state index in [-0.39, 0.29) is 17.9 Å². The van der Waals surface area contributed by atoms with Crippen LogP contribution in [0.1, 0.15) is 17.3 Å². The van der Waals surface area contributed by atoms with E-state index in [1.807, 2.05) is 6.07 Å². The maximum Gasteiger partial charge on any atom is 0.342 e. The number of ether oxygens (including phenoxy) is 1. The summed E-state index contributed by atoms with van der Waals surface area (Å²) in [6, 6.07) is 9.94. The van der Waals surface area contributed by atoms with E-state index in [2.05, 4.69) is 4.98 Å². The lowest BCUT2D eigenvalue weighted by Gasteiger charge is -2.02. The van der Waals surface area contributed by atoms with Crippen LogP contribution in [0.2, 0.25) is 0 Å². The lowest BCUT2D eigenvalue weighted by atomic mass is 10.1. The Morgan fingerprint density at radius 3 is 2.90 bits per heavy atom. The SMILES string of the molecule is CCOC(=O)c1c(-c2ccccn2)oc2ccc(O)cc12. The highest BCUT2D eigenvalue weighted by Gasteiger charge is 2.24. The molecule has 3 rings (SSSR count). The quantitative estimate of drug-likeness (QED) is 0.746. The monoisotopic (exact) mass is 283 g/mol. The first-order valence-corrected chi connectivity index (χ1v) is 6.54. The molecule has 21 heavy (non-hydrogen) atoms. The lowest BCUT2D eigenvalue weighted by molar-refractivity contribution is 0.0528. The van der Waals surface area contributed by atoms with Crippen molar-refractivity contribution in [1.82, 2.24) is 4.98 Å². The minimum atomic E-state index is -0.498. The molecule has 0 bridgehead atoms. The highest BCUT2D eigenvalue weighted by molar-refractivity contribution is 6.08. The van der Waals surface area contributed by atoms with Crippen molar-refractivity contribution >= 4 is 16.9 Å². The Labute approximate surface area is 120 Å². The molecule has 0 aliphatic carbocycles. The Morgan fingerprint density at radius 2 is 2.19 bits per heavy atom. The van der Waals surface area contributed by atoms with Crippen LogP contribution in [0.3, 0.4) is 0 Å². The van der Waals surface area contributed by atoms with Gasteiger partial charge >= 0.3 is 5.97 Å². The van der Waals surface area contributed by atoms with Crippen LogP contribution in [0.4, 0.5) is 0 Å². The van der Waals surface area contributed by atoms with Gasteiger partial charge in [0.05, 0.1) is 6.61 Å². The second-order valence-corrected chi connectivity index (χ2v) is 4.42. The van der Waals surface area contributed by atoms with E-state index in [0.717, 1.165) is 0 Å². The Morgan fingerprint density at radius 1 is 1.33 bits per heavy atom. The molecule has 0 saturated heterocycles. The highest BCUT2D eigenvalue weighted by Crippen LogP contribution is 2.34. The van der Waals surface area contributed by atoms with Gasteiger partial charge in [-0.2, -0.15) is 0 Å². The Bertz CT molecular complexity index is 793. The first-order chi connectivity index (χ1) is 10.2. The maximum absolute atomic E-state index is 12.2. The minimum Gasteiger partial charge on any atom is -0.508 e. The van der Waals surface area contributed by atoms with E-state index in [1.165, 1.54) is 12.1 Å². The molecule has 0 radical (unpaired) electrons. The molecule has 3 aromatic rings. The second-order valence-electron chi connectivity index (χ2n) is 4.42. The predicted octanol–water partition coefficient (Wildman–Crippen LogP) is 3.38. The molecule has 0 atom stereocenters. The Balaban J connectivity index is 2.28. The fourth-order valence-corrected chi connectivity index (χ4v) is 2.17. The van der Waals surface area contributed by atoms with E-state index >= 15 is 0 Å². The molecule has 1 N–H and O–H groups in total. The fourth-order valence-electron chi connectivity index (χ4n) is 2.17. The van der Waals surface area contributed by atoms with Gasteiger partial charge in [0, 0.05) is 11.6 Å². The molecular weight excluding hydrogens is 270 g/mol. The number of aromatic nitrogens is 1. The minimum absolute atomic E-state index is 0.0569. The molecule has 0 aliphatic heterocycles. The van der Waals surface area contributed by atoms with Crippen molar-refractivity contribution in [2.24, 2.45) is 0 Å². The van der Waals surface area contributed by atoms with Crippen molar-refractivity contribution in [2.75, 3.05) is 6.61 Å². The first-order valence-electron chi connectivity index (χ1n) is 6.54. The van der Waals surface area contributed by atoms with Crippen molar-refractivity contribution in [1.29, 1.82) is 0 Å². The summed E-state index contributed by atoms with van der Waals surface area (Å²) in [6.07, 6.45) is 1.62. The van der Waals surface area contributed by atoms with Crippen LogP contribution in [0.5, 0.6) is 5.75 Å². The number of phenolic OH excluding ortho intramolecular Hbond substituents is 1. The average Bonchev–Trinajstić information content (AvgIpc) is 2.87. The number of aromatic hydroxyl groups is 1. The van der Waals surface area contributed by atoms with Gasteiger partial charge in [-0.25, -0.2) is 4.79 Å². The summed E-state index contributed by atoms with van der Waals surface area (Å²) in [6.45, 7) is 1.99. The molecule has 1 aromatic carbocycles. The van der Waals surface area contributed by atoms with Crippen LogP contribution in [-0.4, -0.2) is 22.7 Å². The van der Waals surface area contributed by atoms with Crippen LogP contribution in [-0.2, 0) is 4.74 Å². The van der Waals surface area contributed by atoms with Gasteiger partial charge in [0.1, 0.15) is 22.6 Å². The predicted molar refractivity (Wildman–Crippen MR) is 77.1 cm³/mol. The maximum atomic E-state index is 12.2. The number of hydrogen-bond donors (Lipinski definition) is 1. The van der Waals surface area contributed by atoms with Gasteiger partial charge in [0.15, 0.2) is 5.76 Å². The van der Waals surface area contributed by atoms with Crippen molar-refractivity contribution in [3.05, 3.63) is 48.2 Å². The number of carbonyl (C=O) groups excluding carboxylic acids is 1. The number of rotatable bonds is 3. The van der Waals surface area contributed by atoms with Gasteiger partial charge in [-0.1, -0.05) is 6.07 Å². The number of fused-ring (bicyclic) bond motifs is 1. The molecule has 0 saturated carbocycles. The van der Waals surface area contributed by atoms with Gasteiger partial charge < -0.3 is 14.3 Å². The zero-order valence-electron chi connectivity index (χ0n) is 11.4. The van der Waals surface area contributed by atoms with Crippen LogP contribution < -0.4 is 0 Å². The third-order valence-corrected chi connectivity index (χ3v) is 3.05. The van der Waals surface area contributed by atoms with Crippen molar-refractivity contribution in [3.63, 3.8) is 0 Å². The van der Waals surface area contributed by atoms with E-state index in [1.54, 1.807) is 31.3 Å². The standard InChI is InChI=1S/C16H13NO4/c1-2-20-16(19)14-11-9-10(18)6-7-13(11)21-15(14)12-5-3-4-8-17-12/h3-9,18H,2H2,1H3. The molecule has 0 unspecified atom stereocenters. The molecule has 5 heteroatoms. The fraction of sp³-hybridized carbons (Fsp3) is 0.125. The van der Waals surface area contributed by atoms with E-state index < -0.39 is 5.97 Å². The molecule has 0 spiro atoms. The van der Waals surface area contributed by atoms with E-state index in [0.29, 0.717) is 22.4 Å². The summed E-state index contributed by atoms with van der Waals surface area (Å²) in [5.41, 5.74) is 1.31. The number of phenols is 1. The number of carbonyl (C=O) groups is 1. The first kappa shape index (κ1) is 13.2. The molecule has 0 amide bonds. The van der Waals surface area contributed by atoms with Crippen LogP contribution in [0.15, 0.2) is 47.0 Å². The molecule has 0 fully saturated rings. The normalized spacial score (nSPS) is 10.7. The van der Waals surface area contributed by atoms with Gasteiger partial charge in [0.25, 0.3) is 0 Å². The zero-order chi connectivity index (χ0) is 14.8. The summed E-state index contributed by atoms with van der Waals surface area (Å²) in [7, 11) is 0. The van der Waals surface area contributed by atoms with Crippen LogP contribution >= 0.6 is 0 Å². The van der Waals surface area contributed by atoms with Gasteiger partial charge in [-0.05, 0) is 37.3 Å². The summed E-state index contributed by atoms with van der Waals surface area (Å²) >= 11 is 0. The number of esters is 1. The number of furan rings is 1. The largest absolute Gasteiger partial charge is 0.508 e. The molecule has 5 nitrogen and oxygen atoms in total. The number of hydrogen-bond acceptors (Lipinski definition) is 5. The lowest BCUT2D eigenvalue weighted by Crippen LogP contribution is -2.05. The number of benzene rings is 1. The van der Waals surface area contributed by atoms with Crippen LogP contribution in [0, 0.1) is 0 Å². The number of pyridine rings is 1. The second kappa shape index (κ2) is 5.28. The summed E-state index contributed by atoms with van der Waals surface area (Å²) < 4.78 is 10.8. The average molecular weight is 283 g/mol. The topological polar surface area (TPSA) is 72.6 Å². The van der Waals surface area contributed by atoms with Crippen molar-refractivity contribution < 1.29 is 19.1 Å².